The Morgan fingerprint density at radius 3 is 2.70 bits per heavy atom. The van der Waals surface area contributed by atoms with Crippen LogP contribution in [0.4, 0.5) is 4.39 Å². The van der Waals surface area contributed by atoms with Crippen LogP contribution in [-0.2, 0) is 13.0 Å². The smallest absolute Gasteiger partial charge is 0.129 e. The Morgan fingerprint density at radius 2 is 1.95 bits per heavy atom. The van der Waals surface area contributed by atoms with Gasteiger partial charge in [-0.3, -0.25) is 0 Å². The van der Waals surface area contributed by atoms with Gasteiger partial charge in [0.15, 0.2) is 0 Å². The Hall–Kier alpha value is -1.80. The summed E-state index contributed by atoms with van der Waals surface area (Å²) in [6.45, 7) is 2.65. The highest BCUT2D eigenvalue weighted by Crippen LogP contribution is 2.23. The molecule has 0 saturated heterocycles. The van der Waals surface area contributed by atoms with Crippen LogP contribution in [0.3, 0.4) is 0 Å². The van der Waals surface area contributed by atoms with E-state index in [1.165, 1.54) is 22.5 Å². The highest BCUT2D eigenvalue weighted by molar-refractivity contribution is 6.30. The fourth-order valence-electron chi connectivity index (χ4n) is 2.59. The normalized spacial score (nSPS) is 11.2. The maximum atomic E-state index is 13.9. The molecule has 0 fully saturated rings. The summed E-state index contributed by atoms with van der Waals surface area (Å²) in [5.41, 5.74) is 3.11. The van der Waals surface area contributed by atoms with E-state index in [2.05, 4.69) is 35.8 Å². The third kappa shape index (κ3) is 2.32. The third-order valence-electron chi connectivity index (χ3n) is 3.61. The lowest BCUT2D eigenvalue weighted by molar-refractivity contribution is 0.602. The van der Waals surface area contributed by atoms with Crippen LogP contribution < -0.4 is 0 Å². The van der Waals surface area contributed by atoms with E-state index in [1.807, 2.05) is 6.20 Å². The molecule has 0 radical (unpaired) electrons. The second-order valence-electron chi connectivity index (χ2n) is 4.89. The van der Waals surface area contributed by atoms with E-state index in [0.29, 0.717) is 17.1 Å². The first-order chi connectivity index (χ1) is 9.69. The van der Waals surface area contributed by atoms with Gasteiger partial charge in [0, 0.05) is 16.8 Å². The molecule has 2 aromatic carbocycles. The summed E-state index contributed by atoms with van der Waals surface area (Å²) < 4.78 is 16.0. The van der Waals surface area contributed by atoms with E-state index in [1.54, 1.807) is 12.1 Å². The molecule has 0 bridgehead atoms. The molecule has 1 nitrogen and oxygen atoms in total. The van der Waals surface area contributed by atoms with E-state index < -0.39 is 0 Å². The minimum atomic E-state index is -0.256. The molecule has 0 amide bonds. The van der Waals surface area contributed by atoms with Gasteiger partial charge in [-0.15, -0.1) is 0 Å². The second kappa shape index (κ2) is 5.29. The Balaban J connectivity index is 2.06. The molecule has 3 aromatic rings. The van der Waals surface area contributed by atoms with Crippen molar-refractivity contribution in [2.75, 3.05) is 0 Å². The Labute approximate surface area is 122 Å². The number of para-hydroxylation sites is 1. The van der Waals surface area contributed by atoms with Crippen molar-refractivity contribution in [3.05, 3.63) is 70.6 Å². The summed E-state index contributed by atoms with van der Waals surface area (Å²) in [6.07, 6.45) is 2.97. The van der Waals surface area contributed by atoms with Crippen LogP contribution in [0.1, 0.15) is 18.1 Å². The van der Waals surface area contributed by atoms with Crippen molar-refractivity contribution in [3.8, 4) is 0 Å². The van der Waals surface area contributed by atoms with Crippen molar-refractivity contribution in [2.45, 2.75) is 19.9 Å². The van der Waals surface area contributed by atoms with Crippen LogP contribution in [0.15, 0.2) is 48.7 Å². The van der Waals surface area contributed by atoms with Gasteiger partial charge in [-0.1, -0.05) is 42.8 Å². The van der Waals surface area contributed by atoms with Gasteiger partial charge in [0.1, 0.15) is 5.82 Å². The molecule has 0 aliphatic heterocycles. The molecule has 0 N–H and O–H groups in total. The largest absolute Gasteiger partial charge is 0.343 e. The van der Waals surface area contributed by atoms with E-state index in [4.69, 9.17) is 11.6 Å². The number of aryl methyl sites for hydroxylation is 1. The summed E-state index contributed by atoms with van der Waals surface area (Å²) >= 11 is 5.79. The number of aromatic nitrogens is 1. The van der Waals surface area contributed by atoms with Crippen LogP contribution in [0.2, 0.25) is 5.02 Å². The number of rotatable bonds is 3. The standard InChI is InChI=1S/C17H15ClFN/c1-2-12-4-3-5-13-8-9-20(17(12)13)11-14-6-7-15(18)10-16(14)19/h3-10H,2,11H2,1H3. The fraction of sp³-hybridized carbons (Fsp3) is 0.176. The fourth-order valence-corrected chi connectivity index (χ4v) is 2.75. The maximum absolute atomic E-state index is 13.9. The number of nitrogens with zero attached hydrogens (tertiary/aromatic N) is 1. The van der Waals surface area contributed by atoms with Gasteiger partial charge in [0.05, 0.1) is 12.1 Å². The molecule has 102 valence electrons. The van der Waals surface area contributed by atoms with Crippen LogP contribution in [0.5, 0.6) is 0 Å². The molecular weight excluding hydrogens is 273 g/mol. The van der Waals surface area contributed by atoms with Crippen molar-refractivity contribution in [3.63, 3.8) is 0 Å². The van der Waals surface area contributed by atoms with E-state index in [0.717, 1.165) is 6.42 Å². The minimum Gasteiger partial charge on any atom is -0.343 e. The van der Waals surface area contributed by atoms with Gasteiger partial charge >= 0.3 is 0 Å². The van der Waals surface area contributed by atoms with E-state index in [9.17, 15) is 4.39 Å². The molecule has 3 heteroatoms. The first-order valence-electron chi connectivity index (χ1n) is 6.69. The Bertz CT molecular complexity index is 761. The van der Waals surface area contributed by atoms with Crippen molar-refractivity contribution in [1.82, 2.24) is 4.57 Å². The molecule has 0 unspecified atom stereocenters. The van der Waals surface area contributed by atoms with Gasteiger partial charge < -0.3 is 4.57 Å². The van der Waals surface area contributed by atoms with E-state index in [-0.39, 0.29) is 5.82 Å². The number of hydrogen-bond acceptors (Lipinski definition) is 0. The molecule has 1 aromatic heterocycles. The summed E-state index contributed by atoms with van der Waals surface area (Å²) in [6, 6.07) is 13.2. The molecule has 0 aliphatic carbocycles. The van der Waals surface area contributed by atoms with Gasteiger partial charge in [0.2, 0.25) is 0 Å². The maximum Gasteiger partial charge on any atom is 0.129 e. The summed E-state index contributed by atoms with van der Waals surface area (Å²) in [5, 5.41) is 1.62. The minimum absolute atomic E-state index is 0.256. The van der Waals surface area contributed by atoms with Gasteiger partial charge in [0.25, 0.3) is 0 Å². The lowest BCUT2D eigenvalue weighted by atomic mass is 10.1. The molecule has 3 rings (SSSR count). The summed E-state index contributed by atoms with van der Waals surface area (Å²) in [5.74, 6) is -0.256. The average molecular weight is 288 g/mol. The number of fused-ring (bicyclic) bond motifs is 1. The Kier molecular flexibility index (Phi) is 3.49. The van der Waals surface area contributed by atoms with Gasteiger partial charge in [-0.25, -0.2) is 4.39 Å². The van der Waals surface area contributed by atoms with Crippen LogP contribution in [0, 0.1) is 5.82 Å². The van der Waals surface area contributed by atoms with Crippen molar-refractivity contribution >= 4 is 22.5 Å². The summed E-state index contributed by atoms with van der Waals surface area (Å²) in [4.78, 5) is 0. The highest BCUT2D eigenvalue weighted by atomic mass is 35.5. The summed E-state index contributed by atoms with van der Waals surface area (Å²) in [7, 11) is 0. The predicted molar refractivity (Wildman–Crippen MR) is 81.8 cm³/mol. The van der Waals surface area contributed by atoms with Crippen LogP contribution in [-0.4, -0.2) is 4.57 Å². The third-order valence-corrected chi connectivity index (χ3v) is 3.84. The first-order valence-corrected chi connectivity index (χ1v) is 7.07. The zero-order valence-electron chi connectivity index (χ0n) is 11.2. The number of halogens is 2. The zero-order chi connectivity index (χ0) is 14.1. The predicted octanol–water partition coefficient (Wildman–Crippen LogP) is 5.04. The number of benzene rings is 2. The van der Waals surface area contributed by atoms with Crippen LogP contribution in [0.25, 0.3) is 10.9 Å². The van der Waals surface area contributed by atoms with Crippen LogP contribution >= 0.6 is 11.6 Å². The van der Waals surface area contributed by atoms with E-state index >= 15 is 0 Å². The molecule has 0 atom stereocenters. The van der Waals surface area contributed by atoms with Crippen molar-refractivity contribution < 1.29 is 4.39 Å². The highest BCUT2D eigenvalue weighted by Gasteiger charge is 2.08. The average Bonchev–Trinajstić information content (AvgIpc) is 2.85. The van der Waals surface area contributed by atoms with Gasteiger partial charge in [-0.2, -0.15) is 0 Å². The SMILES string of the molecule is CCc1cccc2ccn(Cc3ccc(Cl)cc3F)c12. The topological polar surface area (TPSA) is 4.93 Å². The lowest BCUT2D eigenvalue weighted by Gasteiger charge is -2.10. The molecular formula is C17H15ClFN. The molecule has 20 heavy (non-hydrogen) atoms. The monoisotopic (exact) mass is 287 g/mol. The first kappa shape index (κ1) is 13.2. The zero-order valence-corrected chi connectivity index (χ0v) is 12.0. The lowest BCUT2D eigenvalue weighted by Crippen LogP contribution is -2.02. The quantitative estimate of drug-likeness (QED) is 0.636. The van der Waals surface area contributed by atoms with Gasteiger partial charge in [-0.05, 0) is 35.6 Å². The molecule has 0 aliphatic rings. The molecule has 0 spiro atoms. The second-order valence-corrected chi connectivity index (χ2v) is 5.32. The molecule has 0 saturated carbocycles. The number of hydrogen-bond donors (Lipinski definition) is 0. The molecule has 1 heterocycles. The van der Waals surface area contributed by atoms with Crippen molar-refractivity contribution in [2.24, 2.45) is 0 Å². The Morgan fingerprint density at radius 1 is 1.10 bits per heavy atom. The van der Waals surface area contributed by atoms with Crippen molar-refractivity contribution in [1.29, 1.82) is 0 Å².